The zero-order valence-electron chi connectivity index (χ0n) is 12.5. The number of anilines is 1. The van der Waals surface area contributed by atoms with E-state index in [-0.39, 0.29) is 17.7 Å². The Morgan fingerprint density at radius 2 is 1.67 bits per heavy atom. The molecule has 0 saturated carbocycles. The molecule has 2 aromatic carbocycles. The fourth-order valence-corrected chi connectivity index (χ4v) is 2.30. The Morgan fingerprint density at radius 1 is 1.00 bits per heavy atom. The summed E-state index contributed by atoms with van der Waals surface area (Å²) < 4.78 is 0. The molecule has 21 heavy (non-hydrogen) atoms. The molecular weight excluding hydrogens is 264 g/mol. The summed E-state index contributed by atoms with van der Waals surface area (Å²) in [5.74, 6) is -0.387. The van der Waals surface area contributed by atoms with Crippen molar-refractivity contribution in [2.75, 3.05) is 5.32 Å². The number of carbonyl (C=O) groups is 2. The lowest BCUT2D eigenvalue weighted by atomic mass is 10.0. The van der Waals surface area contributed by atoms with Crippen LogP contribution in [-0.2, 0) is 9.59 Å². The summed E-state index contributed by atoms with van der Waals surface area (Å²) in [4.78, 5) is 23.6. The molecule has 1 atom stereocenters. The number of rotatable bonds is 4. The SMILES string of the molecule is CC(=O)NC(C(=O)Nc1cccc2ccccc12)C(C)C. The predicted octanol–water partition coefficient (Wildman–Crippen LogP) is 2.94. The van der Waals surface area contributed by atoms with Crippen LogP contribution in [0.4, 0.5) is 5.69 Å². The molecule has 0 fully saturated rings. The summed E-state index contributed by atoms with van der Waals surface area (Å²) in [6, 6.07) is 13.1. The molecule has 0 bridgehead atoms. The fraction of sp³-hybridized carbons (Fsp3) is 0.294. The third-order valence-corrected chi connectivity index (χ3v) is 3.36. The molecule has 2 aromatic rings. The van der Waals surface area contributed by atoms with Crippen molar-refractivity contribution in [2.45, 2.75) is 26.8 Å². The van der Waals surface area contributed by atoms with E-state index < -0.39 is 6.04 Å². The Morgan fingerprint density at radius 3 is 2.33 bits per heavy atom. The van der Waals surface area contributed by atoms with Gasteiger partial charge in [-0.2, -0.15) is 0 Å². The van der Waals surface area contributed by atoms with Crippen molar-refractivity contribution in [3.8, 4) is 0 Å². The Bertz CT molecular complexity index is 659. The normalized spacial score (nSPS) is 12.2. The van der Waals surface area contributed by atoms with Crippen molar-refractivity contribution in [1.82, 2.24) is 5.32 Å². The van der Waals surface area contributed by atoms with E-state index in [1.807, 2.05) is 56.3 Å². The fourth-order valence-electron chi connectivity index (χ4n) is 2.30. The number of hydrogen-bond donors (Lipinski definition) is 2. The molecule has 2 rings (SSSR count). The highest BCUT2D eigenvalue weighted by Gasteiger charge is 2.23. The number of carbonyl (C=O) groups excluding carboxylic acids is 2. The molecule has 0 aliphatic rings. The largest absolute Gasteiger partial charge is 0.344 e. The van der Waals surface area contributed by atoms with Gasteiger partial charge in [0.25, 0.3) is 0 Å². The highest BCUT2D eigenvalue weighted by atomic mass is 16.2. The molecule has 4 nitrogen and oxygen atoms in total. The molecule has 110 valence electrons. The van der Waals surface area contributed by atoms with Crippen LogP contribution in [0.1, 0.15) is 20.8 Å². The van der Waals surface area contributed by atoms with E-state index in [1.54, 1.807) is 0 Å². The first-order chi connectivity index (χ1) is 9.99. The van der Waals surface area contributed by atoms with Crippen molar-refractivity contribution in [3.05, 3.63) is 42.5 Å². The van der Waals surface area contributed by atoms with Crippen LogP contribution in [-0.4, -0.2) is 17.9 Å². The standard InChI is InChI=1S/C17H20N2O2/c1-11(2)16(18-12(3)20)17(21)19-15-10-6-8-13-7-4-5-9-14(13)15/h4-11,16H,1-3H3,(H,18,20)(H,19,21). The molecule has 2 amide bonds. The lowest BCUT2D eigenvalue weighted by molar-refractivity contribution is -0.126. The maximum atomic E-state index is 12.4. The average Bonchev–Trinajstić information content (AvgIpc) is 2.44. The lowest BCUT2D eigenvalue weighted by Gasteiger charge is -2.21. The van der Waals surface area contributed by atoms with Gasteiger partial charge in [-0.05, 0) is 17.4 Å². The van der Waals surface area contributed by atoms with Gasteiger partial charge in [-0.3, -0.25) is 9.59 Å². The highest BCUT2D eigenvalue weighted by molar-refractivity contribution is 6.04. The van der Waals surface area contributed by atoms with E-state index in [9.17, 15) is 9.59 Å². The first kappa shape index (κ1) is 15.0. The third-order valence-electron chi connectivity index (χ3n) is 3.36. The van der Waals surface area contributed by atoms with E-state index in [0.717, 1.165) is 16.5 Å². The van der Waals surface area contributed by atoms with Crippen LogP contribution in [0, 0.1) is 5.92 Å². The van der Waals surface area contributed by atoms with E-state index >= 15 is 0 Å². The summed E-state index contributed by atoms with van der Waals surface area (Å²) in [5.41, 5.74) is 0.758. The Kier molecular flexibility index (Phi) is 4.58. The zero-order chi connectivity index (χ0) is 15.4. The van der Waals surface area contributed by atoms with E-state index in [0.29, 0.717) is 0 Å². The number of nitrogens with one attached hydrogen (secondary N) is 2. The van der Waals surface area contributed by atoms with Crippen LogP contribution in [0.2, 0.25) is 0 Å². The average molecular weight is 284 g/mol. The third kappa shape index (κ3) is 3.60. The molecule has 0 heterocycles. The lowest BCUT2D eigenvalue weighted by Crippen LogP contribution is -2.46. The van der Waals surface area contributed by atoms with Crippen molar-refractivity contribution < 1.29 is 9.59 Å². The molecule has 0 aliphatic carbocycles. The van der Waals surface area contributed by atoms with Gasteiger partial charge in [0, 0.05) is 18.0 Å². The number of benzene rings is 2. The van der Waals surface area contributed by atoms with Gasteiger partial charge < -0.3 is 10.6 Å². The minimum Gasteiger partial charge on any atom is -0.344 e. The quantitative estimate of drug-likeness (QED) is 0.907. The van der Waals surface area contributed by atoms with Crippen molar-refractivity contribution >= 4 is 28.3 Å². The van der Waals surface area contributed by atoms with Crippen molar-refractivity contribution in [1.29, 1.82) is 0 Å². The van der Waals surface area contributed by atoms with Crippen molar-refractivity contribution in [3.63, 3.8) is 0 Å². The predicted molar refractivity (Wildman–Crippen MR) is 85.0 cm³/mol. The van der Waals surface area contributed by atoms with Gasteiger partial charge >= 0.3 is 0 Å². The highest BCUT2D eigenvalue weighted by Crippen LogP contribution is 2.23. The van der Waals surface area contributed by atoms with Crippen LogP contribution in [0.5, 0.6) is 0 Å². The Balaban J connectivity index is 2.26. The maximum absolute atomic E-state index is 12.4. The molecule has 0 aliphatic heterocycles. The summed E-state index contributed by atoms with van der Waals surface area (Å²) in [7, 11) is 0. The van der Waals surface area contributed by atoms with Gasteiger partial charge in [0.2, 0.25) is 11.8 Å². The summed E-state index contributed by atoms with van der Waals surface area (Å²) in [5, 5.41) is 7.67. The minimum atomic E-state index is -0.540. The Labute approximate surface area is 124 Å². The van der Waals surface area contributed by atoms with E-state index in [4.69, 9.17) is 0 Å². The molecule has 0 saturated heterocycles. The van der Waals surface area contributed by atoms with Crippen LogP contribution in [0.15, 0.2) is 42.5 Å². The first-order valence-electron chi connectivity index (χ1n) is 7.04. The van der Waals surface area contributed by atoms with Gasteiger partial charge in [0.1, 0.15) is 6.04 Å². The smallest absolute Gasteiger partial charge is 0.247 e. The first-order valence-corrected chi connectivity index (χ1v) is 7.04. The van der Waals surface area contributed by atoms with Gasteiger partial charge in [-0.15, -0.1) is 0 Å². The zero-order valence-corrected chi connectivity index (χ0v) is 12.5. The van der Waals surface area contributed by atoms with Crippen molar-refractivity contribution in [2.24, 2.45) is 5.92 Å². The van der Waals surface area contributed by atoms with Gasteiger partial charge in [0.15, 0.2) is 0 Å². The number of fused-ring (bicyclic) bond motifs is 1. The van der Waals surface area contributed by atoms with Gasteiger partial charge in [0.05, 0.1) is 0 Å². The van der Waals surface area contributed by atoms with Gasteiger partial charge in [-0.1, -0.05) is 50.2 Å². The number of hydrogen-bond acceptors (Lipinski definition) is 2. The maximum Gasteiger partial charge on any atom is 0.247 e. The molecule has 0 radical (unpaired) electrons. The monoisotopic (exact) mass is 284 g/mol. The topological polar surface area (TPSA) is 58.2 Å². The summed E-state index contributed by atoms with van der Waals surface area (Å²) in [6.07, 6.45) is 0. The molecule has 2 N–H and O–H groups in total. The van der Waals surface area contributed by atoms with Gasteiger partial charge in [-0.25, -0.2) is 0 Å². The Hall–Kier alpha value is -2.36. The molecule has 4 heteroatoms. The molecule has 1 unspecified atom stereocenters. The number of amides is 2. The molecule has 0 aromatic heterocycles. The van der Waals surface area contributed by atoms with E-state index in [2.05, 4.69) is 10.6 Å². The van der Waals surface area contributed by atoms with Crippen LogP contribution in [0.25, 0.3) is 10.8 Å². The summed E-state index contributed by atoms with van der Waals surface area (Å²) in [6.45, 7) is 5.23. The second-order valence-electron chi connectivity index (χ2n) is 5.44. The van der Waals surface area contributed by atoms with Crippen LogP contribution >= 0.6 is 0 Å². The minimum absolute atomic E-state index is 0.0175. The molecule has 0 spiro atoms. The van der Waals surface area contributed by atoms with E-state index in [1.165, 1.54) is 6.92 Å². The molecular formula is C17H20N2O2. The second kappa shape index (κ2) is 6.39. The van der Waals surface area contributed by atoms with Crippen LogP contribution < -0.4 is 10.6 Å². The van der Waals surface area contributed by atoms with Crippen LogP contribution in [0.3, 0.4) is 0 Å². The second-order valence-corrected chi connectivity index (χ2v) is 5.44. The summed E-state index contributed by atoms with van der Waals surface area (Å²) >= 11 is 0.